The lowest BCUT2D eigenvalue weighted by atomic mass is 10.1. The first kappa shape index (κ1) is 11.6. The van der Waals surface area contributed by atoms with Crippen molar-refractivity contribution in [3.63, 3.8) is 0 Å². The Balaban J connectivity index is 2.27. The maximum absolute atomic E-state index is 11.7. The van der Waals surface area contributed by atoms with E-state index < -0.39 is 6.10 Å². The molecule has 1 aromatic rings. The summed E-state index contributed by atoms with van der Waals surface area (Å²) in [6, 6.07) is 5.00. The first-order valence-electron chi connectivity index (χ1n) is 5.39. The van der Waals surface area contributed by atoms with Crippen LogP contribution in [0.2, 0.25) is 0 Å². The van der Waals surface area contributed by atoms with Gasteiger partial charge in [-0.1, -0.05) is 0 Å². The fraction of sp³-hybridized carbons (Fsp3) is 0.333. The summed E-state index contributed by atoms with van der Waals surface area (Å²) in [7, 11) is 1.47. The molecule has 0 bridgehead atoms. The number of carbonyl (C=O) groups excluding carboxylic acids is 2. The summed E-state index contributed by atoms with van der Waals surface area (Å²) in [4.78, 5) is 24.5. The molecule has 2 N–H and O–H groups in total. The minimum Gasteiger partial charge on any atom is -0.392 e. The number of hydrogen-bond acceptors (Lipinski definition) is 4. The third-order valence-electron chi connectivity index (χ3n) is 2.69. The van der Waals surface area contributed by atoms with Crippen LogP contribution in [-0.4, -0.2) is 41.5 Å². The second kappa shape index (κ2) is 4.18. The van der Waals surface area contributed by atoms with Crippen LogP contribution in [0.3, 0.4) is 0 Å². The first-order valence-corrected chi connectivity index (χ1v) is 5.39. The fourth-order valence-corrected chi connectivity index (χ4v) is 1.74. The summed E-state index contributed by atoms with van der Waals surface area (Å²) in [5.74, 6) is -0.558. The van der Waals surface area contributed by atoms with Crippen LogP contribution in [0.4, 0.5) is 5.69 Å². The third-order valence-corrected chi connectivity index (χ3v) is 2.69. The molecule has 0 aromatic heterocycles. The molecule has 0 aliphatic carbocycles. The van der Waals surface area contributed by atoms with Crippen LogP contribution in [-0.2, 0) is 0 Å². The van der Waals surface area contributed by atoms with Gasteiger partial charge in [0, 0.05) is 19.3 Å². The molecule has 2 amide bonds. The average molecular weight is 234 g/mol. The molecular formula is C12H14N2O3. The highest BCUT2D eigenvalue weighted by molar-refractivity contribution is 6.21. The fourth-order valence-electron chi connectivity index (χ4n) is 1.74. The Labute approximate surface area is 99.0 Å². The minimum atomic E-state index is -0.469. The van der Waals surface area contributed by atoms with E-state index in [2.05, 4.69) is 5.32 Å². The molecule has 2 rings (SSSR count). The second-order valence-corrected chi connectivity index (χ2v) is 4.16. The molecule has 1 aromatic carbocycles. The number of aliphatic hydroxyl groups excluding tert-OH is 1. The van der Waals surface area contributed by atoms with Crippen molar-refractivity contribution in [3.05, 3.63) is 29.3 Å². The number of carbonyl (C=O) groups is 2. The molecule has 5 heteroatoms. The zero-order valence-electron chi connectivity index (χ0n) is 9.73. The summed E-state index contributed by atoms with van der Waals surface area (Å²) in [6.07, 6.45) is -0.469. The highest BCUT2D eigenvalue weighted by Crippen LogP contribution is 2.24. The van der Waals surface area contributed by atoms with Crippen LogP contribution in [0.15, 0.2) is 18.2 Å². The van der Waals surface area contributed by atoms with E-state index >= 15 is 0 Å². The third kappa shape index (κ3) is 2.01. The average Bonchev–Trinajstić information content (AvgIpc) is 2.52. The highest BCUT2D eigenvalue weighted by atomic mass is 16.3. The van der Waals surface area contributed by atoms with Crippen LogP contribution < -0.4 is 5.32 Å². The predicted molar refractivity (Wildman–Crippen MR) is 63.0 cm³/mol. The van der Waals surface area contributed by atoms with Gasteiger partial charge in [-0.25, -0.2) is 0 Å². The maximum atomic E-state index is 11.7. The van der Waals surface area contributed by atoms with Gasteiger partial charge >= 0.3 is 0 Å². The van der Waals surface area contributed by atoms with E-state index in [0.29, 0.717) is 17.7 Å². The van der Waals surface area contributed by atoms with Gasteiger partial charge in [0.15, 0.2) is 0 Å². The van der Waals surface area contributed by atoms with Gasteiger partial charge in [-0.2, -0.15) is 0 Å². The van der Waals surface area contributed by atoms with Gasteiger partial charge < -0.3 is 10.4 Å². The number of aliphatic hydroxyl groups is 1. The molecule has 0 saturated heterocycles. The van der Waals surface area contributed by atoms with Gasteiger partial charge in [0.05, 0.1) is 17.2 Å². The number of benzene rings is 1. The number of amides is 2. The number of imide groups is 1. The SMILES string of the molecule is C[C@@H](O)CNc1ccc2c(c1)C(=O)N(C)C2=O. The van der Waals surface area contributed by atoms with E-state index in [1.807, 2.05) is 0 Å². The zero-order chi connectivity index (χ0) is 12.6. The monoisotopic (exact) mass is 234 g/mol. The van der Waals surface area contributed by atoms with Gasteiger partial charge in [0.1, 0.15) is 0 Å². The largest absolute Gasteiger partial charge is 0.392 e. The first-order chi connectivity index (χ1) is 8.00. The Morgan fingerprint density at radius 3 is 2.59 bits per heavy atom. The van der Waals surface area contributed by atoms with Crippen molar-refractivity contribution in [3.8, 4) is 0 Å². The van der Waals surface area contributed by atoms with E-state index in [-0.39, 0.29) is 11.8 Å². The summed E-state index contributed by atoms with van der Waals surface area (Å²) >= 11 is 0. The van der Waals surface area contributed by atoms with Crippen molar-refractivity contribution in [2.75, 3.05) is 18.9 Å². The van der Waals surface area contributed by atoms with E-state index in [9.17, 15) is 9.59 Å². The number of nitrogens with zero attached hydrogens (tertiary/aromatic N) is 1. The summed E-state index contributed by atoms with van der Waals surface area (Å²) < 4.78 is 0. The van der Waals surface area contributed by atoms with Crippen LogP contribution in [0.25, 0.3) is 0 Å². The van der Waals surface area contributed by atoms with Gasteiger partial charge in [-0.15, -0.1) is 0 Å². The molecule has 5 nitrogen and oxygen atoms in total. The molecule has 0 fully saturated rings. The molecule has 0 spiro atoms. The summed E-state index contributed by atoms with van der Waals surface area (Å²) in [5, 5.41) is 12.1. The Morgan fingerprint density at radius 2 is 1.94 bits per heavy atom. The smallest absolute Gasteiger partial charge is 0.261 e. The van der Waals surface area contributed by atoms with Crippen LogP contribution >= 0.6 is 0 Å². The molecule has 0 radical (unpaired) electrons. The van der Waals surface area contributed by atoms with Crippen molar-refractivity contribution in [1.29, 1.82) is 0 Å². The van der Waals surface area contributed by atoms with E-state index in [4.69, 9.17) is 5.11 Å². The number of hydrogen-bond donors (Lipinski definition) is 2. The van der Waals surface area contributed by atoms with Crippen LogP contribution in [0.5, 0.6) is 0 Å². The van der Waals surface area contributed by atoms with Crippen LogP contribution in [0.1, 0.15) is 27.6 Å². The summed E-state index contributed by atoms with van der Waals surface area (Å²) in [6.45, 7) is 2.07. The second-order valence-electron chi connectivity index (χ2n) is 4.16. The minimum absolute atomic E-state index is 0.271. The van der Waals surface area contributed by atoms with Crippen molar-refractivity contribution < 1.29 is 14.7 Å². The summed E-state index contributed by atoms with van der Waals surface area (Å²) in [5.41, 5.74) is 1.56. The molecule has 1 aliphatic heterocycles. The number of anilines is 1. The lowest BCUT2D eigenvalue weighted by Gasteiger charge is -2.08. The maximum Gasteiger partial charge on any atom is 0.261 e. The molecular weight excluding hydrogens is 220 g/mol. The van der Waals surface area contributed by atoms with E-state index in [0.717, 1.165) is 10.6 Å². The van der Waals surface area contributed by atoms with Gasteiger partial charge in [-0.3, -0.25) is 14.5 Å². The molecule has 1 aliphatic rings. The molecule has 90 valence electrons. The van der Waals surface area contributed by atoms with Gasteiger partial charge in [0.2, 0.25) is 0 Å². The number of rotatable bonds is 3. The predicted octanol–water partition coefficient (Wildman–Crippen LogP) is 0.705. The van der Waals surface area contributed by atoms with Gasteiger partial charge in [0.25, 0.3) is 11.8 Å². The quantitative estimate of drug-likeness (QED) is 0.755. The topological polar surface area (TPSA) is 69.6 Å². The molecule has 17 heavy (non-hydrogen) atoms. The Morgan fingerprint density at radius 1 is 1.29 bits per heavy atom. The Kier molecular flexibility index (Phi) is 2.85. The van der Waals surface area contributed by atoms with Crippen molar-refractivity contribution in [1.82, 2.24) is 4.90 Å². The standard InChI is InChI=1S/C12H14N2O3/c1-7(15)6-13-8-3-4-9-10(5-8)12(17)14(2)11(9)16/h3-5,7,13,15H,6H2,1-2H3/t7-/m1/s1. The zero-order valence-corrected chi connectivity index (χ0v) is 9.73. The lowest BCUT2D eigenvalue weighted by molar-refractivity contribution is 0.0693. The van der Waals surface area contributed by atoms with Crippen molar-refractivity contribution in [2.45, 2.75) is 13.0 Å². The Bertz CT molecular complexity index is 483. The van der Waals surface area contributed by atoms with Crippen LogP contribution in [0, 0.1) is 0 Å². The molecule has 0 saturated carbocycles. The number of fused-ring (bicyclic) bond motifs is 1. The number of nitrogens with one attached hydrogen (secondary N) is 1. The van der Waals surface area contributed by atoms with Crippen molar-refractivity contribution >= 4 is 17.5 Å². The van der Waals surface area contributed by atoms with E-state index in [1.165, 1.54) is 7.05 Å². The lowest BCUT2D eigenvalue weighted by Crippen LogP contribution is -2.24. The normalized spacial score (nSPS) is 16.1. The highest BCUT2D eigenvalue weighted by Gasteiger charge is 2.32. The van der Waals surface area contributed by atoms with Crippen molar-refractivity contribution in [2.24, 2.45) is 0 Å². The molecule has 1 atom stereocenters. The Hall–Kier alpha value is -1.88. The molecule has 0 unspecified atom stereocenters. The van der Waals surface area contributed by atoms with Gasteiger partial charge in [-0.05, 0) is 25.1 Å². The van der Waals surface area contributed by atoms with E-state index in [1.54, 1.807) is 25.1 Å². The molecule has 1 heterocycles.